The lowest BCUT2D eigenvalue weighted by molar-refractivity contribution is -0.143. The molecule has 14 heavy (non-hydrogen) atoms. The van der Waals surface area contributed by atoms with Crippen LogP contribution in [0, 0.1) is 5.92 Å². The van der Waals surface area contributed by atoms with E-state index < -0.39 is 30.4 Å². The lowest BCUT2D eigenvalue weighted by atomic mass is 10.1. The minimum Gasteiger partial charge on any atom is -0.480 e. The number of aliphatic hydroxyl groups is 1. The zero-order chi connectivity index (χ0) is 11.1. The van der Waals surface area contributed by atoms with Crippen LogP contribution in [0.4, 0.5) is 0 Å². The number of hydrogen-bond acceptors (Lipinski definition) is 4. The van der Waals surface area contributed by atoms with Crippen molar-refractivity contribution in [3.8, 4) is 0 Å². The first-order valence-corrected chi connectivity index (χ1v) is 4.40. The summed E-state index contributed by atoms with van der Waals surface area (Å²) < 4.78 is 0. The van der Waals surface area contributed by atoms with Crippen LogP contribution >= 0.6 is 0 Å². The number of carbonyl (C=O) groups is 2. The number of nitrogens with two attached hydrogens (primary N) is 1. The van der Waals surface area contributed by atoms with Gasteiger partial charge in [-0.15, -0.1) is 0 Å². The SMILES string of the molecule is CCC(CN)C(=O)NC(CO)C(=O)O. The topological polar surface area (TPSA) is 113 Å². The van der Waals surface area contributed by atoms with Crippen LogP contribution < -0.4 is 11.1 Å². The molecule has 0 aromatic rings. The molecular weight excluding hydrogens is 188 g/mol. The molecule has 0 aromatic heterocycles. The van der Waals surface area contributed by atoms with Crippen molar-refractivity contribution in [3.63, 3.8) is 0 Å². The third-order valence-corrected chi connectivity index (χ3v) is 1.95. The van der Waals surface area contributed by atoms with Gasteiger partial charge in [0.05, 0.1) is 6.61 Å². The molecule has 2 unspecified atom stereocenters. The second-order valence-electron chi connectivity index (χ2n) is 2.92. The molecule has 2 atom stereocenters. The van der Waals surface area contributed by atoms with E-state index >= 15 is 0 Å². The van der Waals surface area contributed by atoms with E-state index in [1.54, 1.807) is 6.92 Å². The minimum absolute atomic E-state index is 0.167. The highest BCUT2D eigenvalue weighted by molar-refractivity contribution is 5.85. The second-order valence-corrected chi connectivity index (χ2v) is 2.92. The molecule has 0 aliphatic carbocycles. The van der Waals surface area contributed by atoms with Crippen molar-refractivity contribution in [2.24, 2.45) is 11.7 Å². The molecule has 0 aliphatic heterocycles. The molecule has 0 bridgehead atoms. The molecule has 1 amide bonds. The highest BCUT2D eigenvalue weighted by Gasteiger charge is 2.22. The fraction of sp³-hybridized carbons (Fsp3) is 0.750. The Morgan fingerprint density at radius 2 is 2.07 bits per heavy atom. The molecule has 5 N–H and O–H groups in total. The first-order valence-electron chi connectivity index (χ1n) is 4.40. The van der Waals surface area contributed by atoms with Crippen LogP contribution in [-0.4, -0.2) is 41.3 Å². The van der Waals surface area contributed by atoms with E-state index in [0.717, 1.165) is 0 Å². The zero-order valence-corrected chi connectivity index (χ0v) is 8.06. The molecule has 0 fully saturated rings. The van der Waals surface area contributed by atoms with E-state index in [4.69, 9.17) is 15.9 Å². The van der Waals surface area contributed by atoms with Crippen molar-refractivity contribution in [1.82, 2.24) is 5.32 Å². The van der Waals surface area contributed by atoms with Gasteiger partial charge in [-0.05, 0) is 6.42 Å². The first kappa shape index (κ1) is 12.9. The third kappa shape index (κ3) is 3.71. The number of hydrogen-bond donors (Lipinski definition) is 4. The quantitative estimate of drug-likeness (QED) is 0.422. The predicted molar refractivity (Wildman–Crippen MR) is 49.5 cm³/mol. The second kappa shape index (κ2) is 6.33. The molecule has 0 saturated heterocycles. The van der Waals surface area contributed by atoms with Crippen LogP contribution in [0.15, 0.2) is 0 Å². The van der Waals surface area contributed by atoms with Gasteiger partial charge in [0.2, 0.25) is 5.91 Å². The van der Waals surface area contributed by atoms with Crippen LogP contribution in [0.2, 0.25) is 0 Å². The summed E-state index contributed by atoms with van der Waals surface area (Å²) in [5.74, 6) is -2.09. The number of carboxylic acid groups (broad SMARTS) is 1. The maximum Gasteiger partial charge on any atom is 0.328 e. The maximum atomic E-state index is 11.3. The van der Waals surface area contributed by atoms with Crippen molar-refractivity contribution in [3.05, 3.63) is 0 Å². The van der Waals surface area contributed by atoms with Crippen molar-refractivity contribution >= 4 is 11.9 Å². The van der Waals surface area contributed by atoms with Gasteiger partial charge in [0.1, 0.15) is 6.04 Å². The summed E-state index contributed by atoms with van der Waals surface area (Å²) in [4.78, 5) is 21.8. The molecular formula is C8H16N2O4. The number of rotatable bonds is 6. The predicted octanol–water partition coefficient (Wildman–Crippen LogP) is -1.47. The standard InChI is InChI=1S/C8H16N2O4/c1-2-5(3-9)7(12)10-6(4-11)8(13)14/h5-6,11H,2-4,9H2,1H3,(H,10,12)(H,13,14). The average molecular weight is 204 g/mol. The average Bonchev–Trinajstić information content (AvgIpc) is 2.15. The summed E-state index contributed by atoms with van der Waals surface area (Å²) in [6.07, 6.45) is 0.542. The van der Waals surface area contributed by atoms with Gasteiger partial charge >= 0.3 is 5.97 Å². The molecule has 82 valence electrons. The number of aliphatic carboxylic acids is 1. The Labute approximate surface area is 82.1 Å². The van der Waals surface area contributed by atoms with Gasteiger partial charge in [0, 0.05) is 12.5 Å². The Kier molecular flexibility index (Phi) is 5.82. The van der Waals surface area contributed by atoms with Crippen molar-refractivity contribution in [1.29, 1.82) is 0 Å². The lowest BCUT2D eigenvalue weighted by Gasteiger charge is -2.16. The van der Waals surface area contributed by atoms with E-state index in [9.17, 15) is 9.59 Å². The van der Waals surface area contributed by atoms with E-state index in [0.29, 0.717) is 6.42 Å². The molecule has 6 heteroatoms. The van der Waals surface area contributed by atoms with E-state index in [2.05, 4.69) is 5.32 Å². The minimum atomic E-state index is -1.26. The fourth-order valence-corrected chi connectivity index (χ4v) is 0.934. The lowest BCUT2D eigenvalue weighted by Crippen LogP contribution is -2.47. The number of carbonyl (C=O) groups excluding carboxylic acids is 1. The largest absolute Gasteiger partial charge is 0.480 e. The van der Waals surface area contributed by atoms with E-state index in [1.807, 2.05) is 0 Å². The van der Waals surface area contributed by atoms with Gasteiger partial charge in [0.15, 0.2) is 0 Å². The Bertz CT molecular complexity index is 204. The number of aliphatic hydroxyl groups excluding tert-OH is 1. The van der Waals surface area contributed by atoms with E-state index in [1.165, 1.54) is 0 Å². The summed E-state index contributed by atoms with van der Waals surface area (Å²) in [6, 6.07) is -1.25. The molecule has 0 aliphatic rings. The Morgan fingerprint density at radius 3 is 2.36 bits per heavy atom. The number of carboxylic acids is 1. The van der Waals surface area contributed by atoms with Crippen molar-refractivity contribution in [2.75, 3.05) is 13.2 Å². The molecule has 0 rings (SSSR count). The molecule has 6 nitrogen and oxygen atoms in total. The van der Waals surface area contributed by atoms with Crippen molar-refractivity contribution in [2.45, 2.75) is 19.4 Å². The van der Waals surface area contributed by atoms with E-state index in [-0.39, 0.29) is 6.54 Å². The maximum absolute atomic E-state index is 11.3. The van der Waals surface area contributed by atoms with Crippen LogP contribution in [0.5, 0.6) is 0 Å². The van der Waals surface area contributed by atoms with Gasteiger partial charge in [-0.3, -0.25) is 4.79 Å². The molecule has 0 saturated carbocycles. The monoisotopic (exact) mass is 204 g/mol. The van der Waals surface area contributed by atoms with Crippen LogP contribution in [0.3, 0.4) is 0 Å². The summed E-state index contributed by atoms with van der Waals surface area (Å²) in [7, 11) is 0. The summed E-state index contributed by atoms with van der Waals surface area (Å²) >= 11 is 0. The summed E-state index contributed by atoms with van der Waals surface area (Å²) in [5.41, 5.74) is 5.31. The van der Waals surface area contributed by atoms with Crippen LogP contribution in [-0.2, 0) is 9.59 Å². The highest BCUT2D eigenvalue weighted by atomic mass is 16.4. The first-order chi connectivity index (χ1) is 6.56. The Morgan fingerprint density at radius 1 is 1.50 bits per heavy atom. The molecule has 0 aromatic carbocycles. The molecule has 0 heterocycles. The van der Waals surface area contributed by atoms with Crippen LogP contribution in [0.1, 0.15) is 13.3 Å². The number of amides is 1. The highest BCUT2D eigenvalue weighted by Crippen LogP contribution is 2.00. The van der Waals surface area contributed by atoms with Crippen molar-refractivity contribution < 1.29 is 19.8 Å². The third-order valence-electron chi connectivity index (χ3n) is 1.95. The van der Waals surface area contributed by atoms with Gasteiger partial charge in [-0.2, -0.15) is 0 Å². The summed E-state index contributed by atoms with van der Waals surface area (Å²) in [6.45, 7) is 1.33. The molecule has 0 radical (unpaired) electrons. The normalized spacial score (nSPS) is 14.5. The molecule has 0 spiro atoms. The van der Waals surface area contributed by atoms with Gasteiger partial charge in [-0.1, -0.05) is 6.92 Å². The van der Waals surface area contributed by atoms with Gasteiger partial charge < -0.3 is 21.3 Å². The van der Waals surface area contributed by atoms with Crippen LogP contribution in [0.25, 0.3) is 0 Å². The van der Waals surface area contributed by atoms with Gasteiger partial charge in [0.25, 0.3) is 0 Å². The summed E-state index contributed by atoms with van der Waals surface area (Å²) in [5, 5.41) is 19.4. The Balaban J connectivity index is 4.20. The zero-order valence-electron chi connectivity index (χ0n) is 8.06. The Hall–Kier alpha value is -1.14. The van der Waals surface area contributed by atoms with Gasteiger partial charge in [-0.25, -0.2) is 4.79 Å². The fourth-order valence-electron chi connectivity index (χ4n) is 0.934. The smallest absolute Gasteiger partial charge is 0.328 e. The number of nitrogens with one attached hydrogen (secondary N) is 1.